The molecule has 1 N–H and O–H groups in total. The van der Waals surface area contributed by atoms with Crippen LogP contribution in [0.15, 0.2) is 18.2 Å². The molecule has 11 nitrogen and oxygen atoms in total. The molecule has 182 valence electrons. The molecule has 2 saturated carbocycles. The molecule has 1 saturated heterocycles. The van der Waals surface area contributed by atoms with Crippen LogP contribution in [-0.4, -0.2) is 53.3 Å². The van der Waals surface area contributed by atoms with Gasteiger partial charge in [-0.05, 0) is 43.1 Å². The van der Waals surface area contributed by atoms with E-state index in [9.17, 15) is 29.3 Å². The molecule has 1 aromatic rings. The second kappa shape index (κ2) is 9.03. The van der Waals surface area contributed by atoms with Crippen molar-refractivity contribution in [1.82, 2.24) is 4.90 Å². The van der Waals surface area contributed by atoms with E-state index in [0.29, 0.717) is 5.75 Å². The third-order valence-corrected chi connectivity index (χ3v) is 7.13. The van der Waals surface area contributed by atoms with E-state index < -0.39 is 35.4 Å². The summed E-state index contributed by atoms with van der Waals surface area (Å²) in [6, 6.07) is 2.71. The second-order valence-electron chi connectivity index (χ2n) is 9.42. The van der Waals surface area contributed by atoms with E-state index in [-0.39, 0.29) is 46.9 Å². The highest BCUT2D eigenvalue weighted by molar-refractivity contribution is 6.08. The maximum Gasteiger partial charge on any atom is 0.330 e. The summed E-state index contributed by atoms with van der Waals surface area (Å²) in [6.45, 7) is 2.68. The SMILES string of the molecule is COc1ccc([N+](=O)[O-])c(NC(=O)COC(=O)[C@@H](C(C)C)N2C(=O)[C@@H]3[C@H]4CC[C@@H](C4)[C@@H]3C2=O)c1. The number of fused-ring (bicyclic) bond motifs is 5. The van der Waals surface area contributed by atoms with Gasteiger partial charge in [0.1, 0.15) is 17.5 Å². The zero-order valence-corrected chi connectivity index (χ0v) is 19.2. The number of hydrogen-bond donors (Lipinski definition) is 1. The molecule has 0 unspecified atom stereocenters. The quantitative estimate of drug-likeness (QED) is 0.262. The lowest BCUT2D eigenvalue weighted by molar-refractivity contribution is -0.383. The van der Waals surface area contributed by atoms with Crippen molar-refractivity contribution in [2.75, 3.05) is 19.0 Å². The molecule has 3 aliphatic rings. The van der Waals surface area contributed by atoms with E-state index in [2.05, 4.69) is 5.32 Å². The van der Waals surface area contributed by atoms with E-state index >= 15 is 0 Å². The number of anilines is 1. The first-order valence-electron chi connectivity index (χ1n) is 11.3. The topological polar surface area (TPSA) is 145 Å². The van der Waals surface area contributed by atoms with Crippen LogP contribution in [0.2, 0.25) is 0 Å². The Labute approximate surface area is 195 Å². The largest absolute Gasteiger partial charge is 0.497 e. The summed E-state index contributed by atoms with van der Waals surface area (Å²) in [7, 11) is 1.38. The van der Waals surface area contributed by atoms with Crippen molar-refractivity contribution in [3.05, 3.63) is 28.3 Å². The van der Waals surface area contributed by atoms with Gasteiger partial charge in [-0.25, -0.2) is 4.79 Å². The molecule has 0 aromatic heterocycles. The number of nitro groups is 1. The summed E-state index contributed by atoms with van der Waals surface area (Å²) in [5.41, 5.74) is -0.464. The van der Waals surface area contributed by atoms with Crippen LogP contribution in [-0.2, 0) is 23.9 Å². The Kier molecular flexibility index (Phi) is 6.28. The number of methoxy groups -OCH3 is 1. The average molecular weight is 473 g/mol. The van der Waals surface area contributed by atoms with Gasteiger partial charge < -0.3 is 14.8 Å². The fourth-order valence-electron chi connectivity index (χ4n) is 5.69. The van der Waals surface area contributed by atoms with Crippen LogP contribution >= 0.6 is 0 Å². The van der Waals surface area contributed by atoms with E-state index in [1.54, 1.807) is 13.8 Å². The van der Waals surface area contributed by atoms with Crippen LogP contribution in [0.4, 0.5) is 11.4 Å². The van der Waals surface area contributed by atoms with Gasteiger partial charge in [0.15, 0.2) is 6.61 Å². The van der Waals surface area contributed by atoms with Crippen molar-refractivity contribution in [2.24, 2.45) is 29.6 Å². The zero-order valence-electron chi connectivity index (χ0n) is 19.2. The number of amides is 3. The molecule has 3 fully saturated rings. The smallest absolute Gasteiger partial charge is 0.330 e. The number of likely N-dealkylation sites (tertiary alicyclic amines) is 1. The third kappa shape index (κ3) is 3.99. The van der Waals surface area contributed by atoms with Crippen LogP contribution in [0, 0.1) is 39.7 Å². The molecule has 1 heterocycles. The summed E-state index contributed by atoms with van der Waals surface area (Å²) < 4.78 is 10.2. The van der Waals surface area contributed by atoms with Crippen LogP contribution in [0.5, 0.6) is 5.75 Å². The van der Waals surface area contributed by atoms with Gasteiger partial charge in [0.2, 0.25) is 11.8 Å². The molecule has 5 atom stereocenters. The van der Waals surface area contributed by atoms with Crippen LogP contribution in [0.25, 0.3) is 0 Å². The minimum absolute atomic E-state index is 0.112. The van der Waals surface area contributed by atoms with Crippen molar-refractivity contribution in [3.8, 4) is 5.75 Å². The number of benzene rings is 1. The number of nitro benzene ring substituents is 1. The number of rotatable bonds is 8. The molecule has 0 spiro atoms. The third-order valence-electron chi connectivity index (χ3n) is 7.13. The normalized spacial score (nSPS) is 25.9. The van der Waals surface area contributed by atoms with Crippen molar-refractivity contribution in [1.29, 1.82) is 0 Å². The predicted octanol–water partition coefficient (Wildman–Crippen LogP) is 2.14. The highest BCUT2D eigenvalue weighted by Gasteiger charge is 2.62. The lowest BCUT2D eigenvalue weighted by Crippen LogP contribution is -2.50. The number of nitrogens with zero attached hydrogens (tertiary/aromatic N) is 2. The number of hydrogen-bond acceptors (Lipinski definition) is 8. The van der Waals surface area contributed by atoms with Crippen molar-refractivity contribution in [3.63, 3.8) is 0 Å². The van der Waals surface area contributed by atoms with E-state index in [4.69, 9.17) is 9.47 Å². The van der Waals surface area contributed by atoms with Gasteiger partial charge in [-0.2, -0.15) is 0 Å². The summed E-state index contributed by atoms with van der Waals surface area (Å²) >= 11 is 0. The number of nitrogens with one attached hydrogen (secondary N) is 1. The zero-order chi connectivity index (χ0) is 24.7. The monoisotopic (exact) mass is 473 g/mol. The summed E-state index contributed by atoms with van der Waals surface area (Å²) in [6.07, 6.45) is 2.73. The Balaban J connectivity index is 1.43. The van der Waals surface area contributed by atoms with E-state index in [0.717, 1.165) is 24.2 Å². The van der Waals surface area contributed by atoms with Crippen LogP contribution < -0.4 is 10.1 Å². The maximum atomic E-state index is 13.1. The van der Waals surface area contributed by atoms with E-state index in [1.807, 2.05) is 0 Å². The lowest BCUT2D eigenvalue weighted by atomic mass is 9.81. The first kappa shape index (κ1) is 23.7. The Morgan fingerprint density at radius 1 is 1.18 bits per heavy atom. The molecule has 4 rings (SSSR count). The van der Waals surface area contributed by atoms with Crippen molar-refractivity contribution < 1.29 is 33.6 Å². The minimum Gasteiger partial charge on any atom is -0.497 e. The molecule has 11 heteroatoms. The molecule has 1 aliphatic heterocycles. The van der Waals surface area contributed by atoms with Gasteiger partial charge >= 0.3 is 5.97 Å². The fraction of sp³-hybridized carbons (Fsp3) is 0.565. The number of esters is 1. The number of imide groups is 1. The van der Waals surface area contributed by atoms with Gasteiger partial charge in [0, 0.05) is 12.1 Å². The van der Waals surface area contributed by atoms with Gasteiger partial charge in [-0.15, -0.1) is 0 Å². The Morgan fingerprint density at radius 3 is 2.32 bits per heavy atom. The maximum absolute atomic E-state index is 13.1. The van der Waals surface area contributed by atoms with E-state index in [1.165, 1.54) is 25.3 Å². The van der Waals surface area contributed by atoms with Gasteiger partial charge in [0.05, 0.1) is 23.9 Å². The Bertz CT molecular complexity index is 1030. The highest BCUT2D eigenvalue weighted by Crippen LogP contribution is 2.56. The van der Waals surface area contributed by atoms with Crippen LogP contribution in [0.3, 0.4) is 0 Å². The standard InChI is InChI=1S/C23H27N3O8/c1-11(2)20(25-21(28)18-12-4-5-13(8-12)19(18)22(25)29)23(30)34-10-17(27)24-15-9-14(33-3)6-7-16(15)26(31)32/h6-7,9,11-13,18-20H,4-5,8,10H2,1-3H3,(H,24,27)/t12-,13-,18-,19+,20+/m0/s1. The summed E-state index contributed by atoms with van der Waals surface area (Å²) in [5.74, 6) is -2.80. The predicted molar refractivity (Wildman–Crippen MR) is 118 cm³/mol. The van der Waals surface area contributed by atoms with Gasteiger partial charge in [-0.3, -0.25) is 29.4 Å². The van der Waals surface area contributed by atoms with Gasteiger partial charge in [-0.1, -0.05) is 13.8 Å². The number of carbonyl (C=O) groups is 4. The Hall–Kier alpha value is -3.50. The van der Waals surface area contributed by atoms with Crippen LogP contribution in [0.1, 0.15) is 33.1 Å². The summed E-state index contributed by atoms with van der Waals surface area (Å²) in [4.78, 5) is 63.2. The number of ether oxygens (including phenoxy) is 2. The molecule has 2 bridgehead atoms. The molecule has 2 aliphatic carbocycles. The minimum atomic E-state index is -1.14. The lowest BCUT2D eigenvalue weighted by Gasteiger charge is -2.28. The van der Waals surface area contributed by atoms with Crippen molar-refractivity contribution >= 4 is 35.1 Å². The molecular weight excluding hydrogens is 446 g/mol. The second-order valence-corrected chi connectivity index (χ2v) is 9.42. The fourth-order valence-corrected chi connectivity index (χ4v) is 5.69. The molecule has 3 amide bonds. The summed E-state index contributed by atoms with van der Waals surface area (Å²) in [5, 5.41) is 13.6. The molecule has 34 heavy (non-hydrogen) atoms. The van der Waals surface area contributed by atoms with Gasteiger partial charge in [0.25, 0.3) is 11.6 Å². The first-order chi connectivity index (χ1) is 16.1. The van der Waals surface area contributed by atoms with Crippen molar-refractivity contribution in [2.45, 2.75) is 39.2 Å². The Morgan fingerprint density at radius 2 is 1.79 bits per heavy atom. The molecule has 0 radical (unpaired) electrons. The highest BCUT2D eigenvalue weighted by atomic mass is 16.6. The molecular formula is C23H27N3O8. The molecule has 1 aromatic carbocycles. The number of carbonyl (C=O) groups excluding carboxylic acids is 4. The first-order valence-corrected chi connectivity index (χ1v) is 11.3. The average Bonchev–Trinajstić information content (AvgIpc) is 3.47.